The summed E-state index contributed by atoms with van der Waals surface area (Å²) in [4.78, 5) is 26.9. The molecule has 0 heterocycles. The molecular formula is C50H38O4. The average molecular weight is 703 g/mol. The Morgan fingerprint density at radius 2 is 0.630 bits per heavy atom. The molecule has 262 valence electrons. The van der Waals surface area contributed by atoms with E-state index in [1.165, 1.54) is 44.5 Å². The lowest BCUT2D eigenvalue weighted by molar-refractivity contribution is -0.135. The summed E-state index contributed by atoms with van der Waals surface area (Å²) in [6.07, 6.45) is 1.53. The minimum Gasteiger partial charge on any atom is -0.427 e. The van der Waals surface area contributed by atoms with E-state index in [0.29, 0.717) is 24.3 Å². The van der Waals surface area contributed by atoms with Gasteiger partial charge in [0, 0.05) is 23.7 Å². The molecule has 0 fully saturated rings. The molecule has 0 saturated carbocycles. The van der Waals surface area contributed by atoms with Crippen LogP contribution in [0.1, 0.15) is 59.1 Å². The van der Waals surface area contributed by atoms with E-state index in [0.717, 1.165) is 11.1 Å². The van der Waals surface area contributed by atoms with Gasteiger partial charge in [0.05, 0.1) is 0 Å². The molecule has 0 unspecified atom stereocenters. The molecule has 0 atom stereocenters. The number of fused-ring (bicyclic) bond motifs is 6. The van der Waals surface area contributed by atoms with Crippen molar-refractivity contribution in [1.82, 2.24) is 0 Å². The van der Waals surface area contributed by atoms with E-state index < -0.39 is 10.8 Å². The number of benzene rings is 7. The summed E-state index contributed by atoms with van der Waals surface area (Å²) < 4.78 is 11.6. The standard InChI is InChI=1S/C50H38O4/c51-47(53-37-15-3-1-4-16-37)31-33-49(43-23-11-7-19-39(43)40-20-8-12-24-44(40)49)35-27-29-36(30-28-35)50(34-32-48(52)54-38-17-5-2-6-18-38)45-25-13-9-21-41(45)42-22-10-14-26-46(42)50/h1-30H,31-34H2. The van der Waals surface area contributed by atoms with Crippen molar-refractivity contribution >= 4 is 11.9 Å². The van der Waals surface area contributed by atoms with Crippen molar-refractivity contribution in [3.8, 4) is 33.8 Å². The molecule has 7 aromatic carbocycles. The van der Waals surface area contributed by atoms with E-state index in [1.807, 2.05) is 60.7 Å². The molecule has 9 rings (SSSR count). The van der Waals surface area contributed by atoms with Crippen LogP contribution in [0.4, 0.5) is 0 Å². The van der Waals surface area contributed by atoms with Crippen LogP contribution in [-0.4, -0.2) is 11.9 Å². The van der Waals surface area contributed by atoms with Crippen molar-refractivity contribution in [2.24, 2.45) is 0 Å². The third-order valence-electron chi connectivity index (χ3n) is 11.4. The zero-order valence-corrected chi connectivity index (χ0v) is 29.8. The number of carbonyl (C=O) groups excluding carboxylic acids is 2. The number of carbonyl (C=O) groups is 2. The van der Waals surface area contributed by atoms with E-state index in [2.05, 4.69) is 121 Å². The van der Waals surface area contributed by atoms with Gasteiger partial charge in [-0.25, -0.2) is 0 Å². The van der Waals surface area contributed by atoms with Gasteiger partial charge in [0.25, 0.3) is 0 Å². The van der Waals surface area contributed by atoms with Crippen LogP contribution in [0.2, 0.25) is 0 Å². The smallest absolute Gasteiger partial charge is 0.311 e. The third-order valence-corrected chi connectivity index (χ3v) is 11.4. The normalized spacial score (nSPS) is 13.9. The maximum Gasteiger partial charge on any atom is 0.311 e. The molecule has 54 heavy (non-hydrogen) atoms. The molecule has 4 heteroatoms. The van der Waals surface area contributed by atoms with Crippen LogP contribution in [0.3, 0.4) is 0 Å². The maximum atomic E-state index is 13.5. The lowest BCUT2D eigenvalue weighted by atomic mass is 9.66. The first-order valence-corrected chi connectivity index (χ1v) is 18.6. The molecule has 0 saturated heterocycles. The van der Waals surface area contributed by atoms with Crippen LogP contribution >= 0.6 is 0 Å². The number of hydrogen-bond acceptors (Lipinski definition) is 4. The van der Waals surface area contributed by atoms with Crippen molar-refractivity contribution in [3.05, 3.63) is 215 Å². The van der Waals surface area contributed by atoms with Crippen LogP contribution in [-0.2, 0) is 20.4 Å². The summed E-state index contributed by atoms with van der Waals surface area (Å²) in [5.41, 5.74) is 10.5. The summed E-state index contributed by atoms with van der Waals surface area (Å²) in [5, 5.41) is 0. The predicted octanol–water partition coefficient (Wildman–Crippen LogP) is 11.1. The fourth-order valence-corrected chi connectivity index (χ4v) is 9.06. The summed E-state index contributed by atoms with van der Waals surface area (Å²) in [6, 6.07) is 61.7. The van der Waals surface area contributed by atoms with Crippen LogP contribution in [0.15, 0.2) is 182 Å². The van der Waals surface area contributed by atoms with Gasteiger partial charge in [-0.3, -0.25) is 9.59 Å². The van der Waals surface area contributed by atoms with Crippen LogP contribution in [0.25, 0.3) is 22.3 Å². The van der Waals surface area contributed by atoms with Crippen molar-refractivity contribution in [2.45, 2.75) is 36.5 Å². The van der Waals surface area contributed by atoms with E-state index in [9.17, 15) is 9.59 Å². The highest BCUT2D eigenvalue weighted by Gasteiger charge is 2.47. The van der Waals surface area contributed by atoms with E-state index in [1.54, 1.807) is 0 Å². The molecule has 2 aliphatic rings. The van der Waals surface area contributed by atoms with Crippen molar-refractivity contribution in [2.75, 3.05) is 0 Å². The van der Waals surface area contributed by atoms with E-state index >= 15 is 0 Å². The molecule has 0 radical (unpaired) electrons. The predicted molar refractivity (Wildman–Crippen MR) is 213 cm³/mol. The molecule has 0 spiro atoms. The van der Waals surface area contributed by atoms with Gasteiger partial charge in [0.15, 0.2) is 0 Å². The monoisotopic (exact) mass is 702 g/mol. The van der Waals surface area contributed by atoms with Crippen LogP contribution in [0.5, 0.6) is 11.5 Å². The van der Waals surface area contributed by atoms with Crippen molar-refractivity contribution in [3.63, 3.8) is 0 Å². The second-order valence-electron chi connectivity index (χ2n) is 14.1. The number of esters is 2. The fourth-order valence-electron chi connectivity index (χ4n) is 9.06. The first-order chi connectivity index (χ1) is 26.6. The highest BCUT2D eigenvalue weighted by atomic mass is 16.5. The third kappa shape index (κ3) is 5.54. The average Bonchev–Trinajstić information content (AvgIpc) is 3.68. The lowest BCUT2D eigenvalue weighted by Crippen LogP contribution is -2.30. The molecule has 0 bridgehead atoms. The minimum atomic E-state index is -0.584. The molecule has 4 nitrogen and oxygen atoms in total. The molecular weight excluding hydrogens is 665 g/mol. The molecule has 0 N–H and O–H groups in total. The zero-order valence-electron chi connectivity index (χ0n) is 29.8. The first kappa shape index (κ1) is 33.3. The van der Waals surface area contributed by atoms with Gasteiger partial charge in [-0.15, -0.1) is 0 Å². The number of rotatable bonds is 10. The molecule has 2 aliphatic carbocycles. The van der Waals surface area contributed by atoms with Gasteiger partial charge in [-0.2, -0.15) is 0 Å². The lowest BCUT2D eigenvalue weighted by Gasteiger charge is -2.35. The Kier molecular flexibility index (Phi) is 8.51. The van der Waals surface area contributed by atoms with E-state index in [-0.39, 0.29) is 24.8 Å². The second kappa shape index (κ2) is 13.8. The second-order valence-corrected chi connectivity index (χ2v) is 14.1. The van der Waals surface area contributed by atoms with Crippen molar-refractivity contribution in [1.29, 1.82) is 0 Å². The summed E-state index contributed by atoms with van der Waals surface area (Å²) >= 11 is 0. The zero-order chi connectivity index (χ0) is 36.5. The Bertz CT molecular complexity index is 2220. The first-order valence-electron chi connectivity index (χ1n) is 18.6. The highest BCUT2D eigenvalue weighted by Crippen LogP contribution is 2.57. The van der Waals surface area contributed by atoms with Gasteiger partial charge in [0.1, 0.15) is 11.5 Å². The number of para-hydroxylation sites is 2. The Labute approximate surface area is 315 Å². The van der Waals surface area contributed by atoms with Gasteiger partial charge < -0.3 is 9.47 Å². The molecule has 0 amide bonds. The van der Waals surface area contributed by atoms with Gasteiger partial charge in [0.2, 0.25) is 0 Å². The Morgan fingerprint density at radius 1 is 0.352 bits per heavy atom. The highest BCUT2D eigenvalue weighted by molar-refractivity contribution is 5.86. The van der Waals surface area contributed by atoms with Gasteiger partial charge in [-0.1, -0.05) is 158 Å². The minimum absolute atomic E-state index is 0.230. The molecule has 0 aromatic heterocycles. The number of hydrogen-bond donors (Lipinski definition) is 0. The summed E-state index contributed by atoms with van der Waals surface area (Å²) in [6.45, 7) is 0. The summed E-state index contributed by atoms with van der Waals surface area (Å²) in [7, 11) is 0. The largest absolute Gasteiger partial charge is 0.427 e. The topological polar surface area (TPSA) is 52.6 Å². The van der Waals surface area contributed by atoms with Gasteiger partial charge in [-0.05, 0) is 92.7 Å². The quantitative estimate of drug-likeness (QED) is 0.105. The Hall–Kier alpha value is -6.52. The van der Waals surface area contributed by atoms with Gasteiger partial charge >= 0.3 is 11.9 Å². The van der Waals surface area contributed by atoms with Crippen LogP contribution in [0, 0.1) is 0 Å². The Morgan fingerprint density at radius 3 is 0.944 bits per heavy atom. The van der Waals surface area contributed by atoms with E-state index in [4.69, 9.17) is 9.47 Å². The Balaban J connectivity index is 1.14. The SMILES string of the molecule is O=C(CCC1(c2ccc(C3(CCC(=O)Oc4ccccc4)c4ccccc4-c4ccccc43)cc2)c2ccccc2-c2ccccc21)Oc1ccccc1. The fraction of sp³-hybridized carbons (Fsp3) is 0.120. The van der Waals surface area contributed by atoms with Crippen LogP contribution < -0.4 is 9.47 Å². The summed E-state index contributed by atoms with van der Waals surface area (Å²) in [5.74, 6) is 0.561. The maximum absolute atomic E-state index is 13.5. The molecule has 7 aromatic rings. The number of ether oxygens (including phenoxy) is 2. The van der Waals surface area contributed by atoms with Crippen molar-refractivity contribution < 1.29 is 19.1 Å². The molecule has 0 aliphatic heterocycles.